The fourth-order valence-electron chi connectivity index (χ4n) is 4.78. The van der Waals surface area contributed by atoms with Gasteiger partial charge in [-0.05, 0) is 18.2 Å². The van der Waals surface area contributed by atoms with E-state index in [1.807, 2.05) is 0 Å². The van der Waals surface area contributed by atoms with E-state index in [1.165, 1.54) is 25.3 Å². The third kappa shape index (κ3) is 5.61. The fourth-order valence-corrected chi connectivity index (χ4v) is 4.78. The number of ether oxygens (including phenoxy) is 5. The van der Waals surface area contributed by atoms with Crippen LogP contribution in [0.5, 0.6) is 23.0 Å². The maximum absolute atomic E-state index is 12.8. The third-order valence-corrected chi connectivity index (χ3v) is 7.09. The van der Waals surface area contributed by atoms with E-state index < -0.39 is 79.7 Å². The second-order valence-electron chi connectivity index (χ2n) is 9.85. The number of aliphatic hydroxyl groups excluding tert-OH is 6. The van der Waals surface area contributed by atoms with Crippen LogP contribution in [0.4, 0.5) is 0 Å². The Bertz CT molecular complexity index is 1470. The Labute approximate surface area is 236 Å². The summed E-state index contributed by atoms with van der Waals surface area (Å²) in [6.45, 7) is -1.07. The number of benzene rings is 2. The van der Waals surface area contributed by atoms with Crippen molar-refractivity contribution in [1.82, 2.24) is 0 Å². The van der Waals surface area contributed by atoms with Gasteiger partial charge in [0.25, 0.3) is 0 Å². The van der Waals surface area contributed by atoms with Gasteiger partial charge in [0, 0.05) is 23.8 Å². The largest absolute Gasteiger partial charge is 0.507 e. The molecule has 2 aliphatic heterocycles. The Morgan fingerprint density at radius 1 is 0.810 bits per heavy atom. The Morgan fingerprint density at radius 3 is 2.17 bits per heavy atom. The lowest BCUT2D eigenvalue weighted by Crippen LogP contribution is -2.60. The summed E-state index contributed by atoms with van der Waals surface area (Å²) in [5.41, 5.74) is -0.378. The molecule has 0 bridgehead atoms. The highest BCUT2D eigenvalue weighted by molar-refractivity contribution is 5.86. The molecule has 0 radical (unpaired) electrons. The van der Waals surface area contributed by atoms with Gasteiger partial charge in [-0.15, -0.1) is 0 Å². The van der Waals surface area contributed by atoms with Gasteiger partial charge >= 0.3 is 0 Å². The molecular weight excluding hydrogens is 564 g/mol. The highest BCUT2D eigenvalue weighted by Crippen LogP contribution is 2.35. The molecule has 5 rings (SSSR count). The molecular formula is C27H30O15. The summed E-state index contributed by atoms with van der Waals surface area (Å²) in [6.07, 6.45) is -13.6. The van der Waals surface area contributed by atoms with Crippen molar-refractivity contribution in [3.8, 4) is 34.3 Å². The molecule has 0 amide bonds. The Kier molecular flexibility index (Phi) is 8.56. The molecule has 9 atom stereocenters. The molecule has 15 heteroatoms. The van der Waals surface area contributed by atoms with Gasteiger partial charge in [-0.25, -0.2) is 0 Å². The molecule has 2 aliphatic rings. The van der Waals surface area contributed by atoms with Crippen LogP contribution in [0.2, 0.25) is 0 Å². The summed E-state index contributed by atoms with van der Waals surface area (Å²) in [4.78, 5) is 12.8. The van der Waals surface area contributed by atoms with Crippen molar-refractivity contribution in [2.24, 2.45) is 0 Å². The summed E-state index contributed by atoms with van der Waals surface area (Å²) < 4.78 is 32.7. The van der Waals surface area contributed by atoms with Gasteiger partial charge in [0.15, 0.2) is 23.2 Å². The van der Waals surface area contributed by atoms with E-state index in [9.17, 15) is 45.6 Å². The molecule has 2 saturated heterocycles. The van der Waals surface area contributed by atoms with Gasteiger partial charge in [-0.2, -0.15) is 0 Å². The smallest absolute Gasteiger partial charge is 0.229 e. The van der Waals surface area contributed by atoms with E-state index in [0.717, 1.165) is 12.1 Å². The highest BCUT2D eigenvalue weighted by atomic mass is 16.7. The molecule has 1 aromatic heterocycles. The zero-order valence-electron chi connectivity index (χ0n) is 22.0. The molecule has 8 N–H and O–H groups in total. The summed E-state index contributed by atoms with van der Waals surface area (Å²) in [5.74, 6) is -0.601. The first kappa shape index (κ1) is 30.0. The van der Waals surface area contributed by atoms with Crippen LogP contribution in [0, 0.1) is 0 Å². The minimum atomic E-state index is -1.77. The van der Waals surface area contributed by atoms with Crippen LogP contribution in [-0.4, -0.2) is 116 Å². The molecule has 2 fully saturated rings. The van der Waals surface area contributed by atoms with Gasteiger partial charge in [0.1, 0.15) is 71.0 Å². The van der Waals surface area contributed by atoms with Gasteiger partial charge in [0.05, 0.1) is 20.3 Å². The molecule has 3 heterocycles. The van der Waals surface area contributed by atoms with Gasteiger partial charge in [-0.1, -0.05) is 0 Å². The first-order valence-corrected chi connectivity index (χ1v) is 12.8. The molecule has 42 heavy (non-hydrogen) atoms. The fraction of sp³-hybridized carbons (Fsp3) is 0.444. The van der Waals surface area contributed by atoms with Gasteiger partial charge in [0.2, 0.25) is 6.29 Å². The number of rotatable bonds is 8. The Morgan fingerprint density at radius 2 is 1.50 bits per heavy atom. The van der Waals surface area contributed by atoms with Crippen LogP contribution < -0.4 is 14.9 Å². The van der Waals surface area contributed by atoms with Crippen molar-refractivity contribution in [2.45, 2.75) is 55.3 Å². The maximum Gasteiger partial charge on any atom is 0.229 e. The van der Waals surface area contributed by atoms with E-state index in [1.54, 1.807) is 6.07 Å². The number of hydrogen-bond donors (Lipinski definition) is 8. The average molecular weight is 595 g/mol. The molecule has 3 aromatic rings. The van der Waals surface area contributed by atoms with Crippen LogP contribution in [-0.2, 0) is 14.2 Å². The molecule has 2 aromatic carbocycles. The standard InChI is InChI=1S/C27H30O15/c1-37-15-3-2-10(4-12(15)29)16-7-14(31)20-13(30)5-11(6-17(20)40-16)39-27-25(36)23(34)22(33)19(42-27)9-38-26-24(35)21(32)18(8-28)41-26/h2-7,18-19,21-30,32-36H,8-9H2,1H3/t18-,19+,21+,22+,23+,24+,25+,26-,27+/m1/s1. The summed E-state index contributed by atoms with van der Waals surface area (Å²) >= 11 is 0. The van der Waals surface area contributed by atoms with E-state index in [2.05, 4.69) is 0 Å². The monoisotopic (exact) mass is 594 g/mol. The first-order chi connectivity index (χ1) is 20.0. The quantitative estimate of drug-likeness (QED) is 0.148. The zero-order chi connectivity index (χ0) is 30.3. The van der Waals surface area contributed by atoms with Crippen LogP contribution in [0.25, 0.3) is 22.3 Å². The normalized spacial score (nSPS) is 31.4. The topological polar surface area (TPSA) is 238 Å². The number of aliphatic hydroxyl groups is 6. The second-order valence-corrected chi connectivity index (χ2v) is 9.85. The van der Waals surface area contributed by atoms with Crippen molar-refractivity contribution in [2.75, 3.05) is 20.3 Å². The van der Waals surface area contributed by atoms with Crippen LogP contribution >= 0.6 is 0 Å². The predicted octanol–water partition coefficient (Wildman–Crippen LogP) is -1.48. The van der Waals surface area contributed by atoms with Crippen LogP contribution in [0.1, 0.15) is 0 Å². The first-order valence-electron chi connectivity index (χ1n) is 12.8. The van der Waals surface area contributed by atoms with Gasteiger partial charge < -0.3 is 69.0 Å². The lowest BCUT2D eigenvalue weighted by molar-refractivity contribution is -0.290. The summed E-state index contributed by atoms with van der Waals surface area (Å²) in [6, 6.07) is 7.78. The van der Waals surface area contributed by atoms with Gasteiger partial charge in [-0.3, -0.25) is 4.79 Å². The van der Waals surface area contributed by atoms with Crippen molar-refractivity contribution in [1.29, 1.82) is 0 Å². The van der Waals surface area contributed by atoms with E-state index >= 15 is 0 Å². The predicted molar refractivity (Wildman–Crippen MR) is 139 cm³/mol. The molecule has 15 nitrogen and oxygen atoms in total. The Balaban J connectivity index is 1.36. The maximum atomic E-state index is 12.8. The van der Waals surface area contributed by atoms with Crippen LogP contribution in [0.15, 0.2) is 45.6 Å². The number of fused-ring (bicyclic) bond motifs is 1. The highest BCUT2D eigenvalue weighted by Gasteiger charge is 2.47. The molecule has 0 unspecified atom stereocenters. The average Bonchev–Trinajstić information content (AvgIpc) is 3.24. The Hall–Kier alpha value is -3.51. The molecule has 0 saturated carbocycles. The minimum Gasteiger partial charge on any atom is -0.507 e. The lowest BCUT2D eigenvalue weighted by Gasteiger charge is -2.40. The van der Waals surface area contributed by atoms with Crippen molar-refractivity contribution in [3.63, 3.8) is 0 Å². The van der Waals surface area contributed by atoms with Crippen molar-refractivity contribution < 1.29 is 69.0 Å². The van der Waals surface area contributed by atoms with Crippen LogP contribution in [0.3, 0.4) is 0 Å². The number of hydrogen-bond acceptors (Lipinski definition) is 15. The molecule has 0 spiro atoms. The number of aromatic hydroxyl groups is 2. The summed E-state index contributed by atoms with van der Waals surface area (Å²) in [5, 5.41) is 81.0. The SMILES string of the molecule is COc1ccc(-c2cc(=O)c3c(O)cc(O[C@H]4O[C@@H](CO[C@@H]5O[C@H](CO)[C@H](O)[C@@H]5O)[C@H](O)[C@H](O)[C@@H]4O)cc3o2)cc1O. The molecule has 228 valence electrons. The van der Waals surface area contributed by atoms with Crippen molar-refractivity contribution >= 4 is 11.0 Å². The van der Waals surface area contributed by atoms with E-state index in [4.69, 9.17) is 28.1 Å². The molecule has 0 aliphatic carbocycles. The summed E-state index contributed by atoms with van der Waals surface area (Å²) in [7, 11) is 1.38. The zero-order valence-corrected chi connectivity index (χ0v) is 22.0. The van der Waals surface area contributed by atoms with E-state index in [0.29, 0.717) is 5.56 Å². The minimum absolute atomic E-state index is 0.0524. The van der Waals surface area contributed by atoms with Crippen molar-refractivity contribution in [3.05, 3.63) is 46.6 Å². The number of phenols is 2. The number of methoxy groups -OCH3 is 1. The number of phenolic OH excluding ortho intramolecular Hbond substituents is 2. The third-order valence-electron chi connectivity index (χ3n) is 7.09. The second kappa shape index (κ2) is 12.0. The van der Waals surface area contributed by atoms with E-state index in [-0.39, 0.29) is 34.0 Å². The lowest BCUT2D eigenvalue weighted by atomic mass is 9.99.